The molecule has 0 saturated carbocycles. The van der Waals surface area contributed by atoms with Crippen LogP contribution in [0, 0.1) is 17.8 Å². The number of Topliss-reactive ketones (excluding diaryl/α,β-unsaturated/α-hetero) is 1. The lowest BCUT2D eigenvalue weighted by molar-refractivity contribution is -0.142. The van der Waals surface area contributed by atoms with Crippen molar-refractivity contribution < 1.29 is 63.0 Å². The maximum Gasteiger partial charge on any atom is 0.246 e. The predicted octanol–water partition coefficient (Wildman–Crippen LogP) is 2.15. The van der Waals surface area contributed by atoms with Gasteiger partial charge in [0.25, 0.3) is 0 Å². The molecular formula is C60H109N11O13. The lowest BCUT2D eigenvalue weighted by atomic mass is 9.92. The van der Waals surface area contributed by atoms with E-state index in [0.717, 1.165) is 32.1 Å². The molecule has 10 amide bonds. The minimum Gasteiger partial charge on any atom is -0.395 e. The second-order valence-electron chi connectivity index (χ2n) is 25.2. The Balaban J connectivity index is 3.12. The van der Waals surface area contributed by atoms with Crippen LogP contribution >= 0.6 is 0 Å². The average Bonchev–Trinajstić information content (AvgIpc) is 4.04. The molecule has 0 unspecified atom stereocenters. The first-order valence-corrected chi connectivity index (χ1v) is 30.6. The van der Waals surface area contributed by atoms with Gasteiger partial charge in [0, 0.05) is 44.4 Å². The molecule has 11 atom stereocenters. The van der Waals surface area contributed by atoms with Crippen LogP contribution in [0.2, 0.25) is 0 Å². The number of unbranched alkanes of at least 4 members (excludes halogenated alkanes) is 5. The molecule has 1 heterocycles. The number of nitrogens with zero attached hydrogens (tertiary/aromatic N) is 2. The fraction of sp³-hybridized carbons (Fsp3) is 0.817. The van der Waals surface area contributed by atoms with E-state index in [2.05, 4.69) is 54.8 Å². The number of carbonyl (C=O) groups is 11. The number of hydrogen-bond donors (Lipinski definition) is 11. The van der Waals surface area contributed by atoms with E-state index >= 15 is 0 Å². The van der Waals surface area contributed by atoms with Gasteiger partial charge in [-0.2, -0.15) is 0 Å². The normalized spacial score (nSPS) is 17.3. The molecule has 0 aromatic carbocycles. The minimum absolute atomic E-state index is 0.0199. The smallest absolute Gasteiger partial charge is 0.246 e. The summed E-state index contributed by atoms with van der Waals surface area (Å²) >= 11 is 0. The van der Waals surface area contributed by atoms with Crippen molar-refractivity contribution in [2.45, 2.75) is 266 Å². The lowest BCUT2D eigenvalue weighted by Crippen LogP contribution is -2.66. The van der Waals surface area contributed by atoms with E-state index in [1.807, 2.05) is 11.8 Å². The van der Waals surface area contributed by atoms with Crippen LogP contribution in [0.15, 0.2) is 0 Å². The second-order valence-corrected chi connectivity index (χ2v) is 25.2. The second kappa shape index (κ2) is 36.3. The zero-order valence-electron chi connectivity index (χ0n) is 53.9. The lowest BCUT2D eigenvalue weighted by Gasteiger charge is -2.34. The van der Waals surface area contributed by atoms with Crippen LogP contribution < -0.4 is 47.9 Å². The molecule has 1 aliphatic heterocycles. The first-order chi connectivity index (χ1) is 39.0. The third-order valence-corrected chi connectivity index (χ3v) is 15.5. The molecule has 1 saturated heterocycles. The van der Waals surface area contributed by atoms with Gasteiger partial charge in [0.05, 0.1) is 12.7 Å². The molecule has 0 spiro atoms. The number of aliphatic hydroxyl groups excluding tert-OH is 2. The van der Waals surface area contributed by atoms with Gasteiger partial charge < -0.3 is 67.9 Å². The summed E-state index contributed by atoms with van der Waals surface area (Å²) in [7, 11) is 1.79. The highest BCUT2D eigenvalue weighted by Crippen LogP contribution is 2.24. The fourth-order valence-electron chi connectivity index (χ4n) is 9.69. The Morgan fingerprint density at radius 3 is 1.69 bits per heavy atom. The molecule has 0 aromatic heterocycles. The Kier molecular flexibility index (Phi) is 32.9. The van der Waals surface area contributed by atoms with Crippen molar-refractivity contribution in [3.63, 3.8) is 0 Å². The van der Waals surface area contributed by atoms with Crippen molar-refractivity contribution in [1.29, 1.82) is 0 Å². The Morgan fingerprint density at radius 1 is 0.607 bits per heavy atom. The summed E-state index contributed by atoms with van der Waals surface area (Å²) in [6.07, 6.45) is 7.96. The number of aliphatic hydroxyl groups is 2. The Morgan fingerprint density at radius 2 is 1.13 bits per heavy atom. The van der Waals surface area contributed by atoms with E-state index in [9.17, 15) is 57.8 Å². The Bertz CT molecular complexity index is 2210. The molecule has 1 rings (SSSR count). The quantitative estimate of drug-likeness (QED) is 0.0393. The summed E-state index contributed by atoms with van der Waals surface area (Å²) in [5, 5.41) is 43.9. The van der Waals surface area contributed by atoms with E-state index < -0.39 is 118 Å². The van der Waals surface area contributed by atoms with E-state index in [4.69, 9.17) is 5.11 Å². The van der Waals surface area contributed by atoms with Gasteiger partial charge in [0.15, 0.2) is 0 Å². The third-order valence-electron chi connectivity index (χ3n) is 15.5. The standard InChI is InChI=1S/C60H109N11O13/c1-18-21-22-23-24-25-27-38(6)54(81)71-29-26-28-46(71)52(79)65-45(33-36(4)32-44(74)34-43(73)20-3)51(78)62-41(9)49(76)68-60(15,16)57(84)69-59(13,14)56(83)66-47(37(5)19-2)53(80)63-42(10)50(77)67-58(11,12)55(82)64-40(8)48(75)61-39(7)35-70(17)30-31-72/h36-42,44-47,72,74H,18-35H2,1-17H3,(H,61,75)(H,62,78)(H,63,80)(H,64,82)(H,65,79)(H,66,83)(H,67,77)(H,68,76)(H,69,84)/t36-,37+,38-,39+,40+,41+,42+,44+,45+,46+,47+/m1/s1. The number of amides is 10. The van der Waals surface area contributed by atoms with Crippen LogP contribution in [0.4, 0.5) is 0 Å². The average molecular weight is 1190 g/mol. The summed E-state index contributed by atoms with van der Waals surface area (Å²) in [5.74, 6) is -7.64. The summed E-state index contributed by atoms with van der Waals surface area (Å²) in [4.78, 5) is 152. The van der Waals surface area contributed by atoms with Gasteiger partial charge in [-0.05, 0) is 120 Å². The number of likely N-dealkylation sites (tertiary alicyclic amines) is 1. The number of nitrogens with one attached hydrogen (secondary N) is 9. The van der Waals surface area contributed by atoms with Gasteiger partial charge in [0.2, 0.25) is 59.1 Å². The maximum atomic E-state index is 14.1. The van der Waals surface area contributed by atoms with Crippen molar-refractivity contribution >= 4 is 64.9 Å². The van der Waals surface area contributed by atoms with Crippen LogP contribution in [-0.2, 0) is 52.7 Å². The van der Waals surface area contributed by atoms with Crippen molar-refractivity contribution in [1.82, 2.24) is 57.7 Å². The van der Waals surface area contributed by atoms with Gasteiger partial charge in [-0.15, -0.1) is 0 Å². The predicted molar refractivity (Wildman–Crippen MR) is 321 cm³/mol. The van der Waals surface area contributed by atoms with E-state index in [1.54, 1.807) is 46.6 Å². The first kappa shape index (κ1) is 76.3. The van der Waals surface area contributed by atoms with Gasteiger partial charge in [0.1, 0.15) is 58.7 Å². The molecule has 0 aliphatic carbocycles. The molecule has 24 nitrogen and oxygen atoms in total. The number of carbonyl (C=O) groups excluding carboxylic acids is 11. The fourth-order valence-corrected chi connectivity index (χ4v) is 9.69. The Labute approximate surface area is 500 Å². The van der Waals surface area contributed by atoms with Crippen molar-refractivity contribution in [3.05, 3.63) is 0 Å². The van der Waals surface area contributed by atoms with Gasteiger partial charge >= 0.3 is 0 Å². The third kappa shape index (κ3) is 26.3. The number of rotatable bonds is 39. The molecule has 0 aromatic rings. The SMILES string of the molecule is CCCCCCCC[C@@H](C)C(=O)N1CCC[C@H]1C(=O)N[C@@H](C[C@H](C)C[C@H](O)CC(=O)CC)C(=O)N[C@@H](C)C(=O)NC(C)(C)C(=O)NC(C)(C)C(=O)N[C@H](C(=O)N[C@@H](C)C(=O)NC(C)(C)C(=O)N[C@@H](C)C(=O)N[C@@H](C)CN(C)CCO)[C@@H](C)CC. The first-order valence-electron chi connectivity index (χ1n) is 30.6. The largest absolute Gasteiger partial charge is 0.395 e. The highest BCUT2D eigenvalue weighted by molar-refractivity contribution is 6.00. The topological polar surface area (TPSA) is 343 Å². The molecule has 482 valence electrons. The monoisotopic (exact) mass is 1190 g/mol. The van der Waals surface area contributed by atoms with Crippen LogP contribution in [0.1, 0.15) is 201 Å². The molecule has 1 aliphatic rings. The van der Waals surface area contributed by atoms with Crippen molar-refractivity contribution in [2.75, 3.05) is 33.3 Å². The van der Waals surface area contributed by atoms with Crippen LogP contribution in [0.5, 0.6) is 0 Å². The van der Waals surface area contributed by atoms with Gasteiger partial charge in [-0.3, -0.25) is 52.7 Å². The molecule has 24 heteroatoms. The van der Waals surface area contributed by atoms with Gasteiger partial charge in [-0.1, -0.05) is 86.5 Å². The molecular weight excluding hydrogens is 1080 g/mol. The van der Waals surface area contributed by atoms with Crippen LogP contribution in [0.25, 0.3) is 0 Å². The zero-order chi connectivity index (χ0) is 64.4. The van der Waals surface area contributed by atoms with Gasteiger partial charge in [-0.25, -0.2) is 0 Å². The highest BCUT2D eigenvalue weighted by Gasteiger charge is 2.42. The maximum absolute atomic E-state index is 14.1. The zero-order valence-corrected chi connectivity index (χ0v) is 53.9. The van der Waals surface area contributed by atoms with Crippen molar-refractivity contribution in [2.24, 2.45) is 17.8 Å². The van der Waals surface area contributed by atoms with E-state index in [-0.39, 0.29) is 61.9 Å². The van der Waals surface area contributed by atoms with Crippen LogP contribution in [0.3, 0.4) is 0 Å². The van der Waals surface area contributed by atoms with Crippen LogP contribution in [-0.4, -0.2) is 183 Å². The Hall–Kier alpha value is -5.75. The molecule has 0 radical (unpaired) electrons. The molecule has 84 heavy (non-hydrogen) atoms. The summed E-state index contributed by atoms with van der Waals surface area (Å²) in [6.45, 7) is 26.7. The highest BCUT2D eigenvalue weighted by atomic mass is 16.3. The molecule has 1 fully saturated rings. The molecule has 11 N–H and O–H groups in total. The summed E-state index contributed by atoms with van der Waals surface area (Å²) < 4.78 is 0. The van der Waals surface area contributed by atoms with E-state index in [1.165, 1.54) is 68.7 Å². The summed E-state index contributed by atoms with van der Waals surface area (Å²) in [6, 6.07) is -6.99. The number of hydrogen-bond acceptors (Lipinski definition) is 14. The number of likely N-dealkylation sites (N-methyl/N-ethyl adjacent to an activating group) is 1. The van der Waals surface area contributed by atoms with E-state index in [0.29, 0.717) is 45.3 Å². The molecule has 0 bridgehead atoms. The summed E-state index contributed by atoms with van der Waals surface area (Å²) in [5.41, 5.74) is -4.94. The number of ketones is 1. The van der Waals surface area contributed by atoms with Crippen molar-refractivity contribution in [3.8, 4) is 0 Å². The minimum atomic E-state index is -1.70.